The standard InChI is InChI=1S/C57H51N3O/c1-35(2)47-20-14-21-48(36(3)4)54(47)43-24-25-52(38(6)30-43)60-53-23-15-22-49(55(53)59-57(60)50-29-37(5)28-39(7)56(50)61)45-31-44(41-18-12-9-13-19-41)32-46(33-45)51-34-42(26-27-58-51)40-16-10-8-11-17-40/h8-36,61H,1-7H3/i6D3,35D. The van der Waals surface area contributed by atoms with E-state index in [9.17, 15) is 5.11 Å². The van der Waals surface area contributed by atoms with Crippen molar-refractivity contribution in [1.29, 1.82) is 0 Å². The minimum absolute atomic E-state index is 0.0756. The molecular weight excluding hydrogens is 743 g/mol. The van der Waals surface area contributed by atoms with Crippen molar-refractivity contribution in [2.45, 2.75) is 60.2 Å². The quantitative estimate of drug-likeness (QED) is 0.158. The van der Waals surface area contributed by atoms with Crippen molar-refractivity contribution in [1.82, 2.24) is 14.5 Å². The SMILES string of the molecule is [2H]C([2H])([2H])c1cc(-c2c(C(C)C)cccc2C([2H])(C)C)ccc1-n1c(-c2cc(C)cc(C)c2O)nc2c(-c3cc(-c4ccccc4)cc(-c4cc(-c5ccccc5)ccn4)c3)cccc21. The lowest BCUT2D eigenvalue weighted by Crippen LogP contribution is -2.03. The van der Waals surface area contributed by atoms with Crippen LogP contribution >= 0.6 is 0 Å². The molecule has 9 aromatic rings. The summed E-state index contributed by atoms with van der Waals surface area (Å²) in [4.78, 5) is 10.3. The Morgan fingerprint density at radius 2 is 1.26 bits per heavy atom. The highest BCUT2D eigenvalue weighted by Gasteiger charge is 2.24. The molecule has 0 fully saturated rings. The van der Waals surface area contributed by atoms with Crippen LogP contribution in [0.5, 0.6) is 5.75 Å². The van der Waals surface area contributed by atoms with Crippen LogP contribution in [0.15, 0.2) is 164 Å². The average Bonchev–Trinajstić information content (AvgIpc) is 3.69. The summed E-state index contributed by atoms with van der Waals surface area (Å²) in [6, 6.07) is 52.6. The summed E-state index contributed by atoms with van der Waals surface area (Å²) in [7, 11) is 0. The first-order valence-corrected chi connectivity index (χ1v) is 20.9. The van der Waals surface area contributed by atoms with Crippen molar-refractivity contribution in [2.75, 3.05) is 0 Å². The van der Waals surface area contributed by atoms with Gasteiger partial charge in [0.05, 0.1) is 28.0 Å². The monoisotopic (exact) mass is 797 g/mol. The number of fused-ring (bicyclic) bond motifs is 1. The Morgan fingerprint density at radius 3 is 1.98 bits per heavy atom. The number of pyridine rings is 1. The molecule has 9 rings (SSSR count). The zero-order valence-corrected chi connectivity index (χ0v) is 35.5. The number of hydrogen-bond donors (Lipinski definition) is 1. The van der Waals surface area contributed by atoms with Crippen LogP contribution in [0.3, 0.4) is 0 Å². The molecule has 0 aliphatic rings. The van der Waals surface area contributed by atoms with Crippen molar-refractivity contribution in [2.24, 2.45) is 0 Å². The van der Waals surface area contributed by atoms with E-state index in [0.717, 1.165) is 72.5 Å². The Bertz CT molecular complexity index is 3240. The highest BCUT2D eigenvalue weighted by atomic mass is 16.3. The largest absolute Gasteiger partial charge is 0.507 e. The number of nitrogens with zero attached hydrogens (tertiary/aromatic N) is 3. The molecule has 0 amide bonds. The van der Waals surface area contributed by atoms with Gasteiger partial charge in [0.25, 0.3) is 0 Å². The number of hydrogen-bond acceptors (Lipinski definition) is 3. The van der Waals surface area contributed by atoms with Crippen LogP contribution in [0, 0.1) is 20.7 Å². The van der Waals surface area contributed by atoms with E-state index in [1.54, 1.807) is 6.07 Å². The van der Waals surface area contributed by atoms with E-state index in [2.05, 4.69) is 68.4 Å². The first-order valence-electron chi connectivity index (χ1n) is 22.9. The minimum atomic E-state index is -2.55. The molecule has 2 heterocycles. The molecule has 7 aromatic carbocycles. The molecule has 2 aromatic heterocycles. The smallest absolute Gasteiger partial charge is 0.149 e. The summed E-state index contributed by atoms with van der Waals surface area (Å²) >= 11 is 0. The van der Waals surface area contributed by atoms with Crippen molar-refractivity contribution in [3.63, 3.8) is 0 Å². The van der Waals surface area contributed by atoms with E-state index in [1.165, 1.54) is 0 Å². The zero-order valence-electron chi connectivity index (χ0n) is 39.5. The number of phenols is 1. The van der Waals surface area contributed by atoms with Crippen LogP contribution in [-0.2, 0) is 0 Å². The van der Waals surface area contributed by atoms with Gasteiger partial charge in [-0.1, -0.05) is 131 Å². The van der Waals surface area contributed by atoms with Gasteiger partial charge in [-0.3, -0.25) is 9.55 Å². The fourth-order valence-electron chi connectivity index (χ4n) is 8.69. The predicted molar refractivity (Wildman–Crippen MR) is 256 cm³/mol. The van der Waals surface area contributed by atoms with Crippen LogP contribution in [0.25, 0.3) is 83.9 Å². The number of aromatic hydroxyl groups is 1. The summed E-state index contributed by atoms with van der Waals surface area (Å²) in [5.74, 6) is -0.320. The lowest BCUT2D eigenvalue weighted by Gasteiger charge is -2.21. The third-order valence-corrected chi connectivity index (χ3v) is 11.7. The fraction of sp³-hybridized carbons (Fsp3) is 0.158. The fourth-order valence-corrected chi connectivity index (χ4v) is 8.69. The molecule has 0 unspecified atom stereocenters. The Labute approximate surface area is 365 Å². The van der Waals surface area contributed by atoms with Crippen molar-refractivity contribution in [3.8, 4) is 78.6 Å². The molecule has 4 heteroatoms. The van der Waals surface area contributed by atoms with Gasteiger partial charge in [-0.25, -0.2) is 4.98 Å². The van der Waals surface area contributed by atoms with Crippen LogP contribution in [0.2, 0.25) is 0 Å². The molecule has 0 bridgehead atoms. The van der Waals surface area contributed by atoms with Crippen molar-refractivity contribution >= 4 is 11.0 Å². The Morgan fingerprint density at radius 1 is 0.574 bits per heavy atom. The molecule has 0 spiro atoms. The second-order valence-corrected chi connectivity index (χ2v) is 16.5. The van der Waals surface area contributed by atoms with E-state index in [1.807, 2.05) is 136 Å². The number of benzene rings is 7. The highest BCUT2D eigenvalue weighted by Crippen LogP contribution is 2.43. The lowest BCUT2D eigenvalue weighted by atomic mass is 9.84. The average molecular weight is 798 g/mol. The van der Waals surface area contributed by atoms with Crippen LogP contribution in [0.4, 0.5) is 0 Å². The molecular formula is C57H51N3O. The molecule has 0 aliphatic heterocycles. The molecule has 0 saturated carbocycles. The predicted octanol–water partition coefficient (Wildman–Crippen LogP) is 15.3. The van der Waals surface area contributed by atoms with Gasteiger partial charge in [-0.2, -0.15) is 0 Å². The number of imidazole rings is 1. The third-order valence-electron chi connectivity index (χ3n) is 11.7. The number of aromatic nitrogens is 3. The van der Waals surface area contributed by atoms with E-state index >= 15 is 0 Å². The zero-order chi connectivity index (χ0) is 45.8. The maximum Gasteiger partial charge on any atom is 0.149 e. The van der Waals surface area contributed by atoms with Gasteiger partial charge in [0.1, 0.15) is 11.6 Å². The Balaban J connectivity index is 1.33. The second kappa shape index (κ2) is 16.2. The Hall–Kier alpha value is -7.04. The normalized spacial score (nSPS) is 12.9. The summed E-state index contributed by atoms with van der Waals surface area (Å²) in [5.41, 5.74) is 15.2. The summed E-state index contributed by atoms with van der Waals surface area (Å²) in [6.45, 7) is 9.26. The van der Waals surface area contributed by atoms with Gasteiger partial charge in [0.15, 0.2) is 0 Å². The minimum Gasteiger partial charge on any atom is -0.507 e. The second-order valence-electron chi connectivity index (χ2n) is 16.5. The first kappa shape index (κ1) is 34.8. The molecule has 4 nitrogen and oxygen atoms in total. The number of para-hydroxylation sites is 1. The van der Waals surface area contributed by atoms with Crippen molar-refractivity contribution < 1.29 is 10.6 Å². The number of phenolic OH excluding ortho intramolecular Hbond substituents is 1. The maximum absolute atomic E-state index is 11.8. The van der Waals surface area contributed by atoms with Crippen molar-refractivity contribution in [3.05, 3.63) is 192 Å². The van der Waals surface area contributed by atoms with Gasteiger partial charge in [0.2, 0.25) is 0 Å². The molecule has 300 valence electrons. The van der Waals surface area contributed by atoms with Gasteiger partial charge < -0.3 is 5.11 Å². The Kier molecular flexibility index (Phi) is 9.24. The van der Waals surface area contributed by atoms with Gasteiger partial charge in [-0.15, -0.1) is 0 Å². The van der Waals surface area contributed by atoms with Gasteiger partial charge in [0, 0.05) is 22.8 Å². The first-order chi connectivity index (χ1) is 31.1. The third kappa shape index (κ3) is 7.44. The summed E-state index contributed by atoms with van der Waals surface area (Å²) < 4.78 is 38.2. The molecule has 61 heavy (non-hydrogen) atoms. The van der Waals surface area contributed by atoms with Crippen LogP contribution in [0.1, 0.15) is 72.8 Å². The van der Waals surface area contributed by atoms with E-state index in [0.29, 0.717) is 33.7 Å². The summed E-state index contributed by atoms with van der Waals surface area (Å²) in [6.07, 6.45) is 1.85. The van der Waals surface area contributed by atoms with E-state index in [4.69, 9.17) is 15.5 Å². The molecule has 0 saturated heterocycles. The highest BCUT2D eigenvalue weighted by molar-refractivity contribution is 5.98. The molecule has 1 N–H and O–H groups in total. The molecule has 0 radical (unpaired) electrons. The maximum atomic E-state index is 11.8. The van der Waals surface area contributed by atoms with Gasteiger partial charge >= 0.3 is 0 Å². The van der Waals surface area contributed by atoms with Gasteiger partial charge in [-0.05, 0) is 154 Å². The summed E-state index contributed by atoms with van der Waals surface area (Å²) in [5, 5.41) is 11.8. The van der Waals surface area contributed by atoms with E-state index < -0.39 is 12.7 Å². The molecule has 0 atom stereocenters. The number of aryl methyl sites for hydroxylation is 3. The molecule has 0 aliphatic carbocycles. The topological polar surface area (TPSA) is 50.9 Å². The van der Waals surface area contributed by atoms with Crippen LogP contribution < -0.4 is 0 Å². The van der Waals surface area contributed by atoms with Crippen LogP contribution in [-0.4, -0.2) is 19.6 Å². The lowest BCUT2D eigenvalue weighted by molar-refractivity contribution is 0.472. The van der Waals surface area contributed by atoms with E-state index in [-0.39, 0.29) is 17.2 Å². The number of rotatable bonds is 9.